The Morgan fingerprint density at radius 1 is 1.20 bits per heavy atom. The standard InChI is InChI=1S/C13H10F3N3O/c14-13(15,16)9-3-1-2-4-10(9)20-11-7-8(12(17)18)5-6-19-11/h1-7H,(H3,17,18). The zero-order valence-corrected chi connectivity index (χ0v) is 10.1. The summed E-state index contributed by atoms with van der Waals surface area (Å²) in [6, 6.07) is 7.59. The van der Waals surface area contributed by atoms with Crippen LogP contribution in [0.15, 0.2) is 42.6 Å². The lowest BCUT2D eigenvalue weighted by molar-refractivity contribution is -0.138. The van der Waals surface area contributed by atoms with E-state index in [9.17, 15) is 13.2 Å². The molecule has 1 heterocycles. The van der Waals surface area contributed by atoms with Gasteiger partial charge in [0, 0.05) is 17.8 Å². The predicted molar refractivity (Wildman–Crippen MR) is 66.8 cm³/mol. The largest absolute Gasteiger partial charge is 0.438 e. The van der Waals surface area contributed by atoms with Gasteiger partial charge in [-0.3, -0.25) is 5.41 Å². The summed E-state index contributed by atoms with van der Waals surface area (Å²) in [7, 11) is 0. The molecule has 3 N–H and O–H groups in total. The average molecular weight is 281 g/mol. The highest BCUT2D eigenvalue weighted by Crippen LogP contribution is 2.37. The first kappa shape index (κ1) is 13.9. The normalized spacial score (nSPS) is 11.2. The molecule has 2 aromatic rings. The van der Waals surface area contributed by atoms with Crippen molar-refractivity contribution in [2.45, 2.75) is 6.18 Å². The van der Waals surface area contributed by atoms with Gasteiger partial charge in [-0.1, -0.05) is 12.1 Å². The van der Waals surface area contributed by atoms with Gasteiger partial charge in [-0.25, -0.2) is 4.98 Å². The third kappa shape index (κ3) is 3.05. The molecule has 104 valence electrons. The number of halogens is 3. The van der Waals surface area contributed by atoms with Gasteiger partial charge in [-0.15, -0.1) is 0 Å². The molecule has 2 rings (SSSR count). The van der Waals surface area contributed by atoms with Gasteiger partial charge in [0.2, 0.25) is 5.88 Å². The molecule has 4 nitrogen and oxygen atoms in total. The topological polar surface area (TPSA) is 72.0 Å². The van der Waals surface area contributed by atoms with Gasteiger partial charge in [0.15, 0.2) is 0 Å². The summed E-state index contributed by atoms with van der Waals surface area (Å²) in [6.45, 7) is 0. The first-order chi connectivity index (χ1) is 9.38. The van der Waals surface area contributed by atoms with E-state index in [1.807, 2.05) is 0 Å². The fourth-order valence-electron chi connectivity index (χ4n) is 1.54. The molecular weight excluding hydrogens is 271 g/mol. The minimum Gasteiger partial charge on any atom is -0.438 e. The number of amidine groups is 1. The zero-order chi connectivity index (χ0) is 14.8. The Hall–Kier alpha value is -2.57. The number of rotatable bonds is 3. The number of hydrogen-bond donors (Lipinski definition) is 2. The maximum atomic E-state index is 12.8. The maximum Gasteiger partial charge on any atom is 0.419 e. The van der Waals surface area contributed by atoms with E-state index < -0.39 is 11.7 Å². The van der Waals surface area contributed by atoms with Gasteiger partial charge >= 0.3 is 6.18 Å². The van der Waals surface area contributed by atoms with Gasteiger partial charge in [-0.05, 0) is 18.2 Å². The highest BCUT2D eigenvalue weighted by atomic mass is 19.4. The van der Waals surface area contributed by atoms with Crippen LogP contribution >= 0.6 is 0 Å². The monoisotopic (exact) mass is 281 g/mol. The number of alkyl halides is 3. The molecule has 0 aliphatic carbocycles. The van der Waals surface area contributed by atoms with Crippen LogP contribution in [0.4, 0.5) is 13.2 Å². The van der Waals surface area contributed by atoms with Crippen LogP contribution in [0.2, 0.25) is 0 Å². The minimum atomic E-state index is -4.52. The molecular formula is C13H10F3N3O. The Kier molecular flexibility index (Phi) is 3.60. The SMILES string of the molecule is N=C(N)c1ccnc(Oc2ccccc2C(F)(F)F)c1. The predicted octanol–water partition coefficient (Wildman–Crippen LogP) is 3.18. The number of nitrogens with zero attached hydrogens (tertiary/aromatic N) is 1. The summed E-state index contributed by atoms with van der Waals surface area (Å²) in [6.07, 6.45) is -3.21. The number of ether oxygens (including phenoxy) is 1. The third-order valence-corrected chi connectivity index (χ3v) is 2.45. The van der Waals surface area contributed by atoms with Crippen LogP contribution in [-0.4, -0.2) is 10.8 Å². The second-order valence-corrected chi connectivity index (χ2v) is 3.89. The Labute approximate surface area is 112 Å². The molecule has 1 aromatic carbocycles. The van der Waals surface area contributed by atoms with Gasteiger partial charge in [-0.2, -0.15) is 13.2 Å². The molecule has 0 amide bonds. The first-order valence-electron chi connectivity index (χ1n) is 5.52. The van der Waals surface area contributed by atoms with Crippen LogP contribution in [0.25, 0.3) is 0 Å². The van der Waals surface area contributed by atoms with Crippen molar-refractivity contribution in [3.05, 3.63) is 53.7 Å². The van der Waals surface area contributed by atoms with Crippen LogP contribution in [0.5, 0.6) is 11.6 Å². The molecule has 20 heavy (non-hydrogen) atoms. The summed E-state index contributed by atoms with van der Waals surface area (Å²) < 4.78 is 43.6. The summed E-state index contributed by atoms with van der Waals surface area (Å²) in [5.74, 6) is -0.635. The van der Waals surface area contributed by atoms with Crippen molar-refractivity contribution >= 4 is 5.84 Å². The van der Waals surface area contributed by atoms with Crippen LogP contribution in [0.3, 0.4) is 0 Å². The van der Waals surface area contributed by atoms with E-state index in [0.29, 0.717) is 5.56 Å². The van der Waals surface area contributed by atoms with Crippen LogP contribution in [-0.2, 0) is 6.18 Å². The van der Waals surface area contributed by atoms with Crippen molar-refractivity contribution < 1.29 is 17.9 Å². The molecule has 0 aliphatic rings. The van der Waals surface area contributed by atoms with Crippen LogP contribution in [0.1, 0.15) is 11.1 Å². The van der Waals surface area contributed by atoms with Crippen LogP contribution in [0, 0.1) is 5.41 Å². The second kappa shape index (κ2) is 5.20. The molecule has 0 saturated heterocycles. The molecule has 1 aromatic heterocycles. The third-order valence-electron chi connectivity index (χ3n) is 2.45. The summed E-state index contributed by atoms with van der Waals surface area (Å²) >= 11 is 0. The zero-order valence-electron chi connectivity index (χ0n) is 10.1. The second-order valence-electron chi connectivity index (χ2n) is 3.89. The van der Waals surface area contributed by atoms with E-state index in [-0.39, 0.29) is 17.5 Å². The fraction of sp³-hybridized carbons (Fsp3) is 0.0769. The Morgan fingerprint density at radius 2 is 1.90 bits per heavy atom. The lowest BCUT2D eigenvalue weighted by Gasteiger charge is -2.13. The van der Waals surface area contributed by atoms with Crippen molar-refractivity contribution in [1.29, 1.82) is 5.41 Å². The highest BCUT2D eigenvalue weighted by molar-refractivity contribution is 5.95. The summed E-state index contributed by atoms with van der Waals surface area (Å²) in [4.78, 5) is 3.80. The molecule has 0 bridgehead atoms. The molecule has 0 fully saturated rings. The van der Waals surface area contributed by atoms with Crippen molar-refractivity contribution in [3.8, 4) is 11.6 Å². The maximum absolute atomic E-state index is 12.8. The van der Waals surface area contributed by atoms with Gasteiger partial charge in [0.05, 0.1) is 5.56 Å². The molecule has 0 spiro atoms. The van der Waals surface area contributed by atoms with E-state index in [1.54, 1.807) is 0 Å². The molecule has 0 radical (unpaired) electrons. The Bertz CT molecular complexity index is 641. The number of nitrogen functional groups attached to an aromatic ring is 1. The lowest BCUT2D eigenvalue weighted by atomic mass is 10.2. The molecule has 0 aliphatic heterocycles. The van der Waals surface area contributed by atoms with Gasteiger partial charge in [0.1, 0.15) is 11.6 Å². The number of para-hydroxylation sites is 1. The number of nitrogens with two attached hydrogens (primary N) is 1. The molecule has 0 saturated carbocycles. The van der Waals surface area contributed by atoms with Crippen molar-refractivity contribution in [2.24, 2.45) is 5.73 Å². The van der Waals surface area contributed by atoms with Gasteiger partial charge < -0.3 is 10.5 Å². The molecule has 0 atom stereocenters. The van der Waals surface area contributed by atoms with Crippen LogP contribution < -0.4 is 10.5 Å². The Balaban J connectivity index is 2.36. The average Bonchev–Trinajstić information content (AvgIpc) is 2.38. The highest BCUT2D eigenvalue weighted by Gasteiger charge is 2.34. The number of benzene rings is 1. The van der Waals surface area contributed by atoms with E-state index in [4.69, 9.17) is 15.9 Å². The lowest BCUT2D eigenvalue weighted by Crippen LogP contribution is -2.11. The first-order valence-corrected chi connectivity index (χ1v) is 5.52. The molecule has 0 unspecified atom stereocenters. The number of hydrogen-bond acceptors (Lipinski definition) is 3. The van der Waals surface area contributed by atoms with Gasteiger partial charge in [0.25, 0.3) is 0 Å². The number of nitrogens with one attached hydrogen (secondary N) is 1. The Morgan fingerprint density at radius 3 is 2.55 bits per heavy atom. The molecule has 7 heteroatoms. The summed E-state index contributed by atoms with van der Waals surface area (Å²) in [5, 5.41) is 7.27. The van der Waals surface area contributed by atoms with Crippen molar-refractivity contribution in [3.63, 3.8) is 0 Å². The number of pyridine rings is 1. The minimum absolute atomic E-state index is 0.0607. The quantitative estimate of drug-likeness (QED) is 0.670. The summed E-state index contributed by atoms with van der Waals surface area (Å²) in [5.41, 5.74) is 4.72. The fourth-order valence-corrected chi connectivity index (χ4v) is 1.54. The van der Waals surface area contributed by atoms with Crippen molar-refractivity contribution in [2.75, 3.05) is 0 Å². The van der Waals surface area contributed by atoms with E-state index >= 15 is 0 Å². The van der Waals surface area contributed by atoms with Crippen molar-refractivity contribution in [1.82, 2.24) is 4.98 Å². The van der Waals surface area contributed by atoms with E-state index in [0.717, 1.165) is 6.07 Å². The van der Waals surface area contributed by atoms with E-state index in [1.165, 1.54) is 36.5 Å². The van der Waals surface area contributed by atoms with E-state index in [2.05, 4.69) is 4.98 Å². The smallest absolute Gasteiger partial charge is 0.419 e. The number of aromatic nitrogens is 1.